The number of benzene rings is 1. The standard InChI is InChI=1S/C11H16FNO2/c1-7(12)11-8(9(13)6-14)4-3-5-10(11)15-2/h3-5,7,9,14H,6,13H2,1-2H3. The van der Waals surface area contributed by atoms with E-state index < -0.39 is 12.2 Å². The zero-order valence-corrected chi connectivity index (χ0v) is 8.90. The van der Waals surface area contributed by atoms with Gasteiger partial charge in [0.1, 0.15) is 11.9 Å². The van der Waals surface area contributed by atoms with Gasteiger partial charge < -0.3 is 15.6 Å². The molecule has 0 saturated carbocycles. The van der Waals surface area contributed by atoms with E-state index in [1.807, 2.05) is 0 Å². The lowest BCUT2D eigenvalue weighted by Gasteiger charge is -2.18. The lowest BCUT2D eigenvalue weighted by Crippen LogP contribution is -2.17. The summed E-state index contributed by atoms with van der Waals surface area (Å²) in [6, 6.07) is 4.54. The molecule has 0 aliphatic rings. The van der Waals surface area contributed by atoms with Gasteiger partial charge in [-0.2, -0.15) is 0 Å². The van der Waals surface area contributed by atoms with Gasteiger partial charge in [-0.3, -0.25) is 0 Å². The molecular weight excluding hydrogens is 197 g/mol. The molecule has 15 heavy (non-hydrogen) atoms. The van der Waals surface area contributed by atoms with Crippen LogP contribution in [-0.2, 0) is 0 Å². The predicted octanol–water partition coefficient (Wildman–Crippen LogP) is 1.72. The summed E-state index contributed by atoms with van der Waals surface area (Å²) in [5.74, 6) is 0.464. The SMILES string of the molecule is COc1cccc(C(N)CO)c1C(C)F. The zero-order chi connectivity index (χ0) is 11.4. The van der Waals surface area contributed by atoms with Gasteiger partial charge in [0, 0.05) is 5.56 Å². The van der Waals surface area contributed by atoms with Crippen LogP contribution in [0.4, 0.5) is 4.39 Å². The Hall–Kier alpha value is -1.13. The summed E-state index contributed by atoms with van der Waals surface area (Å²) in [5.41, 5.74) is 6.69. The minimum atomic E-state index is -1.17. The Kier molecular flexibility index (Phi) is 4.05. The molecule has 0 radical (unpaired) electrons. The average molecular weight is 213 g/mol. The Morgan fingerprint density at radius 1 is 1.53 bits per heavy atom. The molecule has 1 aromatic rings. The van der Waals surface area contributed by atoms with Crippen molar-refractivity contribution in [3.05, 3.63) is 29.3 Å². The molecule has 0 fully saturated rings. The van der Waals surface area contributed by atoms with Crippen LogP contribution < -0.4 is 10.5 Å². The van der Waals surface area contributed by atoms with Crippen molar-refractivity contribution in [2.75, 3.05) is 13.7 Å². The van der Waals surface area contributed by atoms with Crippen LogP contribution in [0, 0.1) is 0 Å². The van der Waals surface area contributed by atoms with Crippen molar-refractivity contribution in [1.29, 1.82) is 0 Å². The number of halogens is 1. The fourth-order valence-electron chi connectivity index (χ4n) is 1.59. The molecule has 0 aliphatic heterocycles. The van der Waals surface area contributed by atoms with Crippen LogP contribution in [0.5, 0.6) is 5.75 Å². The smallest absolute Gasteiger partial charge is 0.126 e. The first kappa shape index (κ1) is 11.9. The number of ether oxygens (including phenoxy) is 1. The molecule has 0 saturated heterocycles. The fourth-order valence-corrected chi connectivity index (χ4v) is 1.59. The van der Waals surface area contributed by atoms with Crippen molar-refractivity contribution in [3.63, 3.8) is 0 Å². The Morgan fingerprint density at radius 2 is 2.20 bits per heavy atom. The molecule has 2 atom stereocenters. The Bertz CT molecular complexity index is 328. The summed E-state index contributed by atoms with van der Waals surface area (Å²) in [6.45, 7) is 1.21. The Balaban J connectivity index is 3.25. The van der Waals surface area contributed by atoms with Crippen molar-refractivity contribution in [3.8, 4) is 5.75 Å². The van der Waals surface area contributed by atoms with Gasteiger partial charge in [-0.25, -0.2) is 4.39 Å². The summed E-state index contributed by atoms with van der Waals surface area (Å²) in [4.78, 5) is 0. The van der Waals surface area contributed by atoms with Crippen LogP contribution >= 0.6 is 0 Å². The van der Waals surface area contributed by atoms with Crippen LogP contribution in [0.15, 0.2) is 18.2 Å². The average Bonchev–Trinajstić information content (AvgIpc) is 2.26. The van der Waals surface area contributed by atoms with E-state index >= 15 is 0 Å². The monoisotopic (exact) mass is 213 g/mol. The van der Waals surface area contributed by atoms with Gasteiger partial charge in [0.15, 0.2) is 0 Å². The third kappa shape index (κ3) is 2.46. The first-order valence-corrected chi connectivity index (χ1v) is 4.79. The van der Waals surface area contributed by atoms with Gasteiger partial charge in [-0.1, -0.05) is 12.1 Å². The maximum absolute atomic E-state index is 13.4. The summed E-state index contributed by atoms with van der Waals surface area (Å²) in [5, 5.41) is 8.97. The molecular formula is C11H16FNO2. The fraction of sp³-hybridized carbons (Fsp3) is 0.455. The number of aliphatic hydroxyl groups excluding tert-OH is 1. The lowest BCUT2D eigenvalue weighted by molar-refractivity contribution is 0.264. The van der Waals surface area contributed by atoms with Crippen LogP contribution in [0.3, 0.4) is 0 Å². The number of aliphatic hydroxyl groups is 1. The van der Waals surface area contributed by atoms with Gasteiger partial charge in [-0.05, 0) is 18.6 Å². The molecule has 0 aromatic heterocycles. The molecule has 0 bridgehead atoms. The molecule has 0 heterocycles. The molecule has 0 spiro atoms. The van der Waals surface area contributed by atoms with E-state index in [2.05, 4.69) is 0 Å². The highest BCUT2D eigenvalue weighted by atomic mass is 19.1. The van der Waals surface area contributed by atoms with Gasteiger partial charge >= 0.3 is 0 Å². The largest absolute Gasteiger partial charge is 0.496 e. The van der Waals surface area contributed by atoms with Gasteiger partial charge in [0.05, 0.1) is 19.8 Å². The van der Waals surface area contributed by atoms with Crippen LogP contribution in [0.2, 0.25) is 0 Å². The molecule has 0 aliphatic carbocycles. The second-order valence-electron chi connectivity index (χ2n) is 3.37. The molecule has 3 N–H and O–H groups in total. The predicted molar refractivity (Wildman–Crippen MR) is 56.5 cm³/mol. The zero-order valence-electron chi connectivity index (χ0n) is 8.90. The quantitative estimate of drug-likeness (QED) is 0.800. The topological polar surface area (TPSA) is 55.5 Å². The highest BCUT2D eigenvalue weighted by molar-refractivity contribution is 5.43. The third-order valence-corrected chi connectivity index (χ3v) is 2.31. The second-order valence-corrected chi connectivity index (χ2v) is 3.37. The Labute approximate surface area is 88.7 Å². The van der Waals surface area contributed by atoms with E-state index in [9.17, 15) is 4.39 Å². The first-order chi connectivity index (χ1) is 7.11. The highest BCUT2D eigenvalue weighted by Crippen LogP contribution is 2.33. The van der Waals surface area contributed by atoms with E-state index in [1.165, 1.54) is 14.0 Å². The summed E-state index contributed by atoms with van der Waals surface area (Å²) >= 11 is 0. The molecule has 84 valence electrons. The van der Waals surface area contributed by atoms with Crippen LogP contribution in [-0.4, -0.2) is 18.8 Å². The highest BCUT2D eigenvalue weighted by Gasteiger charge is 2.18. The van der Waals surface area contributed by atoms with Crippen molar-refractivity contribution in [1.82, 2.24) is 0 Å². The van der Waals surface area contributed by atoms with Crippen LogP contribution in [0.25, 0.3) is 0 Å². The van der Waals surface area contributed by atoms with Gasteiger partial charge in [0.2, 0.25) is 0 Å². The molecule has 1 aromatic carbocycles. The Morgan fingerprint density at radius 3 is 2.67 bits per heavy atom. The minimum absolute atomic E-state index is 0.215. The van der Waals surface area contributed by atoms with Crippen molar-refractivity contribution < 1.29 is 14.2 Å². The number of rotatable bonds is 4. The molecule has 4 heteroatoms. The number of hydrogen-bond donors (Lipinski definition) is 2. The first-order valence-electron chi connectivity index (χ1n) is 4.79. The molecule has 3 nitrogen and oxygen atoms in total. The summed E-state index contributed by atoms with van der Waals surface area (Å²) in [6.07, 6.45) is -1.17. The lowest BCUT2D eigenvalue weighted by atomic mass is 9.97. The third-order valence-electron chi connectivity index (χ3n) is 2.31. The van der Waals surface area contributed by atoms with Crippen molar-refractivity contribution in [2.45, 2.75) is 19.1 Å². The van der Waals surface area contributed by atoms with E-state index in [0.29, 0.717) is 16.9 Å². The summed E-state index contributed by atoms with van der Waals surface area (Å²) < 4.78 is 18.5. The minimum Gasteiger partial charge on any atom is -0.496 e. The summed E-state index contributed by atoms with van der Waals surface area (Å²) in [7, 11) is 1.48. The van der Waals surface area contributed by atoms with E-state index in [0.717, 1.165) is 0 Å². The van der Waals surface area contributed by atoms with Crippen molar-refractivity contribution in [2.24, 2.45) is 5.73 Å². The number of alkyl halides is 1. The maximum atomic E-state index is 13.4. The number of nitrogens with two attached hydrogens (primary N) is 1. The van der Waals surface area contributed by atoms with Gasteiger partial charge in [-0.15, -0.1) is 0 Å². The number of hydrogen-bond acceptors (Lipinski definition) is 3. The molecule has 0 amide bonds. The van der Waals surface area contributed by atoms with E-state index in [1.54, 1.807) is 18.2 Å². The maximum Gasteiger partial charge on any atom is 0.126 e. The van der Waals surface area contributed by atoms with E-state index in [-0.39, 0.29) is 6.61 Å². The number of methoxy groups -OCH3 is 1. The second kappa shape index (κ2) is 5.09. The molecule has 1 rings (SSSR count). The van der Waals surface area contributed by atoms with Crippen LogP contribution in [0.1, 0.15) is 30.3 Å². The van der Waals surface area contributed by atoms with E-state index in [4.69, 9.17) is 15.6 Å². The van der Waals surface area contributed by atoms with Crippen molar-refractivity contribution >= 4 is 0 Å². The van der Waals surface area contributed by atoms with Gasteiger partial charge in [0.25, 0.3) is 0 Å². The normalized spacial score (nSPS) is 14.7. The molecule has 2 unspecified atom stereocenters.